The summed E-state index contributed by atoms with van der Waals surface area (Å²) in [7, 11) is 1.57. The van der Waals surface area contributed by atoms with Gasteiger partial charge in [0.2, 0.25) is 0 Å². The van der Waals surface area contributed by atoms with Gasteiger partial charge in [0.25, 0.3) is 0 Å². The molecule has 100 valence electrons. The molecule has 2 aromatic rings. The standard InChI is InChI=1S/C15H18N2O2/c1-10-8-12(15(16)17-9-10)13(18)14(19-2)11-6-4-3-5-7-11/h3-9,13-14,18H,1-2H3,(H2,16,17). The van der Waals surface area contributed by atoms with E-state index in [1.807, 2.05) is 43.3 Å². The summed E-state index contributed by atoms with van der Waals surface area (Å²) in [6.07, 6.45) is 0.363. The van der Waals surface area contributed by atoms with E-state index in [0.717, 1.165) is 11.1 Å². The normalized spacial score (nSPS) is 14.1. The number of methoxy groups -OCH3 is 1. The predicted octanol–water partition coefficient (Wildman–Crippen LogP) is 2.39. The lowest BCUT2D eigenvalue weighted by atomic mass is 9.98. The minimum atomic E-state index is -0.847. The number of aryl methyl sites for hydroxylation is 1. The van der Waals surface area contributed by atoms with Crippen molar-refractivity contribution in [3.05, 3.63) is 59.3 Å². The van der Waals surface area contributed by atoms with Crippen LogP contribution in [0.15, 0.2) is 42.6 Å². The van der Waals surface area contributed by atoms with Gasteiger partial charge in [0.15, 0.2) is 0 Å². The van der Waals surface area contributed by atoms with Gasteiger partial charge >= 0.3 is 0 Å². The van der Waals surface area contributed by atoms with Crippen LogP contribution in [0.2, 0.25) is 0 Å². The van der Waals surface area contributed by atoms with Crippen molar-refractivity contribution in [2.75, 3.05) is 12.8 Å². The fourth-order valence-corrected chi connectivity index (χ4v) is 2.09. The second kappa shape index (κ2) is 5.82. The van der Waals surface area contributed by atoms with Crippen LogP contribution in [0.25, 0.3) is 0 Å². The van der Waals surface area contributed by atoms with Gasteiger partial charge in [-0.3, -0.25) is 0 Å². The summed E-state index contributed by atoms with van der Waals surface area (Å²) >= 11 is 0. The van der Waals surface area contributed by atoms with Crippen molar-refractivity contribution in [3.8, 4) is 0 Å². The molecule has 4 nitrogen and oxygen atoms in total. The molecule has 0 amide bonds. The van der Waals surface area contributed by atoms with Crippen molar-refractivity contribution < 1.29 is 9.84 Å². The Morgan fingerprint density at radius 2 is 1.95 bits per heavy atom. The minimum Gasteiger partial charge on any atom is -0.385 e. The molecule has 1 aromatic heterocycles. The van der Waals surface area contributed by atoms with Crippen molar-refractivity contribution in [1.29, 1.82) is 0 Å². The highest BCUT2D eigenvalue weighted by atomic mass is 16.5. The molecule has 0 bridgehead atoms. The third-order valence-corrected chi connectivity index (χ3v) is 3.07. The van der Waals surface area contributed by atoms with Crippen LogP contribution in [0.4, 0.5) is 5.82 Å². The lowest BCUT2D eigenvalue weighted by Crippen LogP contribution is -2.15. The van der Waals surface area contributed by atoms with Crippen molar-refractivity contribution in [1.82, 2.24) is 4.98 Å². The Balaban J connectivity index is 2.36. The van der Waals surface area contributed by atoms with E-state index in [2.05, 4.69) is 4.98 Å². The summed E-state index contributed by atoms with van der Waals surface area (Å²) in [5.74, 6) is 0.330. The zero-order valence-electron chi connectivity index (χ0n) is 11.1. The fraction of sp³-hybridized carbons (Fsp3) is 0.267. The number of nitrogen functional groups attached to an aromatic ring is 1. The number of nitrogens with zero attached hydrogens (tertiary/aromatic N) is 1. The van der Waals surface area contributed by atoms with Gasteiger partial charge < -0.3 is 15.6 Å². The SMILES string of the molecule is COC(c1ccccc1)C(O)c1cc(C)cnc1N. The van der Waals surface area contributed by atoms with Gasteiger partial charge in [-0.2, -0.15) is 0 Å². The Morgan fingerprint density at radius 1 is 1.26 bits per heavy atom. The fourth-order valence-electron chi connectivity index (χ4n) is 2.09. The quantitative estimate of drug-likeness (QED) is 0.883. The van der Waals surface area contributed by atoms with Crippen molar-refractivity contribution in [2.24, 2.45) is 0 Å². The number of aliphatic hydroxyl groups excluding tert-OH is 1. The first-order chi connectivity index (χ1) is 9.13. The molecule has 0 aliphatic carbocycles. The van der Waals surface area contributed by atoms with Crippen LogP contribution in [0.3, 0.4) is 0 Å². The molecule has 1 heterocycles. The molecular formula is C15H18N2O2. The molecule has 2 rings (SSSR count). The van der Waals surface area contributed by atoms with Gasteiger partial charge in [0.05, 0.1) is 0 Å². The van der Waals surface area contributed by atoms with Gasteiger partial charge in [-0.05, 0) is 24.1 Å². The van der Waals surface area contributed by atoms with E-state index in [0.29, 0.717) is 11.4 Å². The van der Waals surface area contributed by atoms with E-state index in [-0.39, 0.29) is 0 Å². The summed E-state index contributed by atoms with van der Waals surface area (Å²) < 4.78 is 5.41. The monoisotopic (exact) mass is 258 g/mol. The molecule has 0 saturated carbocycles. The number of ether oxygens (including phenoxy) is 1. The van der Waals surface area contributed by atoms with Gasteiger partial charge in [0, 0.05) is 18.9 Å². The number of nitrogens with two attached hydrogens (primary N) is 1. The van der Waals surface area contributed by atoms with Gasteiger partial charge in [0.1, 0.15) is 18.0 Å². The largest absolute Gasteiger partial charge is 0.385 e. The zero-order valence-corrected chi connectivity index (χ0v) is 11.1. The van der Waals surface area contributed by atoms with Gasteiger partial charge in [-0.15, -0.1) is 0 Å². The minimum absolute atomic E-state index is 0.330. The lowest BCUT2D eigenvalue weighted by molar-refractivity contribution is -0.0147. The molecule has 4 heteroatoms. The number of pyridine rings is 1. The smallest absolute Gasteiger partial charge is 0.129 e. The Hall–Kier alpha value is -1.91. The highest BCUT2D eigenvalue weighted by Gasteiger charge is 2.24. The van der Waals surface area contributed by atoms with Crippen LogP contribution >= 0.6 is 0 Å². The topological polar surface area (TPSA) is 68.4 Å². The Bertz CT molecular complexity index is 543. The van der Waals surface area contributed by atoms with Crippen LogP contribution in [0.1, 0.15) is 28.9 Å². The van der Waals surface area contributed by atoms with Crippen molar-refractivity contribution in [2.45, 2.75) is 19.1 Å². The summed E-state index contributed by atoms with van der Waals surface area (Å²) in [4.78, 5) is 4.07. The zero-order chi connectivity index (χ0) is 13.8. The third-order valence-electron chi connectivity index (χ3n) is 3.07. The molecule has 0 saturated heterocycles. The predicted molar refractivity (Wildman–Crippen MR) is 74.5 cm³/mol. The van der Waals surface area contributed by atoms with E-state index >= 15 is 0 Å². The molecule has 0 aliphatic rings. The Morgan fingerprint density at radius 3 is 2.58 bits per heavy atom. The first-order valence-corrected chi connectivity index (χ1v) is 6.11. The first-order valence-electron chi connectivity index (χ1n) is 6.11. The first kappa shape index (κ1) is 13.5. The third kappa shape index (κ3) is 2.92. The van der Waals surface area contributed by atoms with Crippen LogP contribution in [0.5, 0.6) is 0 Å². The highest BCUT2D eigenvalue weighted by molar-refractivity contribution is 5.43. The molecule has 0 aliphatic heterocycles. The molecule has 3 N–H and O–H groups in total. The highest BCUT2D eigenvalue weighted by Crippen LogP contribution is 2.33. The van der Waals surface area contributed by atoms with E-state index in [1.54, 1.807) is 13.3 Å². The molecule has 0 radical (unpaired) electrons. The number of hydrogen-bond donors (Lipinski definition) is 2. The van der Waals surface area contributed by atoms with E-state index in [4.69, 9.17) is 10.5 Å². The number of aromatic nitrogens is 1. The molecule has 19 heavy (non-hydrogen) atoms. The summed E-state index contributed by atoms with van der Waals surface area (Å²) in [6.45, 7) is 1.91. The molecule has 2 unspecified atom stereocenters. The van der Waals surface area contributed by atoms with Crippen LogP contribution in [0, 0.1) is 6.92 Å². The average Bonchev–Trinajstić information content (AvgIpc) is 2.43. The van der Waals surface area contributed by atoms with E-state index in [1.165, 1.54) is 0 Å². The van der Waals surface area contributed by atoms with E-state index in [9.17, 15) is 5.11 Å². The summed E-state index contributed by atoms with van der Waals surface area (Å²) in [6, 6.07) is 11.4. The Kier molecular flexibility index (Phi) is 4.14. The van der Waals surface area contributed by atoms with Crippen LogP contribution < -0.4 is 5.73 Å². The molecule has 1 aromatic carbocycles. The molecular weight excluding hydrogens is 240 g/mol. The van der Waals surface area contributed by atoms with Crippen LogP contribution in [-0.4, -0.2) is 17.2 Å². The molecule has 2 atom stereocenters. The Labute approximate surface area is 112 Å². The summed E-state index contributed by atoms with van der Waals surface area (Å²) in [5.41, 5.74) is 8.28. The second-order valence-corrected chi connectivity index (χ2v) is 4.50. The maximum atomic E-state index is 10.5. The summed E-state index contributed by atoms with van der Waals surface area (Å²) in [5, 5.41) is 10.5. The lowest BCUT2D eigenvalue weighted by Gasteiger charge is -2.23. The maximum absolute atomic E-state index is 10.5. The number of rotatable bonds is 4. The number of anilines is 1. The number of benzene rings is 1. The molecule has 0 spiro atoms. The van der Waals surface area contributed by atoms with Crippen molar-refractivity contribution >= 4 is 5.82 Å². The number of hydrogen-bond acceptors (Lipinski definition) is 4. The maximum Gasteiger partial charge on any atom is 0.129 e. The number of aliphatic hydroxyl groups is 1. The second-order valence-electron chi connectivity index (χ2n) is 4.50. The van der Waals surface area contributed by atoms with Gasteiger partial charge in [-0.25, -0.2) is 4.98 Å². The van der Waals surface area contributed by atoms with Crippen LogP contribution in [-0.2, 0) is 4.74 Å². The van der Waals surface area contributed by atoms with Crippen molar-refractivity contribution in [3.63, 3.8) is 0 Å². The van der Waals surface area contributed by atoms with E-state index < -0.39 is 12.2 Å². The molecule has 0 fully saturated rings. The van der Waals surface area contributed by atoms with Gasteiger partial charge in [-0.1, -0.05) is 30.3 Å². The average molecular weight is 258 g/mol.